The molecule has 3 fully saturated rings. The fourth-order valence-electron chi connectivity index (χ4n) is 11.6. The largest absolute Gasteiger partial charge is 0.453 e. The Hall–Kier alpha value is -5.28. The van der Waals surface area contributed by atoms with Crippen LogP contribution in [0.15, 0.2) is 96.2 Å². The van der Waals surface area contributed by atoms with Crippen LogP contribution in [-0.4, -0.2) is 155 Å². The maximum atomic E-state index is 15.1. The molecule has 0 aromatic heterocycles. The van der Waals surface area contributed by atoms with Gasteiger partial charge in [0.15, 0.2) is 24.8 Å². The molecule has 0 spiro atoms. The van der Waals surface area contributed by atoms with Gasteiger partial charge in [-0.2, -0.15) is 0 Å². The lowest BCUT2D eigenvalue weighted by molar-refractivity contribution is -0.316. The SMILES string of the molecule is CCC1C(=O)C(=O)[C@H](C)C(O[C@H]2C[C@@](C)(OC)[C@@H](OC(=O)c3ccccc3)[C@H](C)O2)[C@H](C)[C@@H](O[C@@H]2O[C@H](C)C[C@H](N(C)C)[C@H]2OC(=O)c2ccccc2)[C@](C)(O)C[C@@H](C)/C(=N\OC(=O)c2ccccc2)[C@H](C)[C@@H](O)[C@@]1(C)O. The summed E-state index contributed by atoms with van der Waals surface area (Å²) >= 11 is 0. The van der Waals surface area contributed by atoms with Crippen molar-refractivity contribution in [1.82, 2.24) is 4.90 Å². The summed E-state index contributed by atoms with van der Waals surface area (Å²) in [5.41, 5.74) is -4.69. The van der Waals surface area contributed by atoms with Crippen molar-refractivity contribution < 1.29 is 77.3 Å². The number of esters is 2. The number of nitrogens with zero attached hydrogens (tertiary/aromatic N) is 2. The smallest absolute Gasteiger partial charge is 0.365 e. The van der Waals surface area contributed by atoms with E-state index in [4.69, 9.17) is 38.0 Å². The van der Waals surface area contributed by atoms with Gasteiger partial charge in [-0.25, -0.2) is 14.4 Å². The number of benzene rings is 3. The minimum Gasteiger partial charge on any atom is -0.453 e. The number of aliphatic hydroxyl groups is 3. The Labute approximate surface area is 452 Å². The number of ether oxygens (including phenoxy) is 7. The van der Waals surface area contributed by atoms with Crippen LogP contribution in [0, 0.1) is 29.6 Å². The number of likely N-dealkylation sites (N-methyl/N-ethyl adjacent to an activating group) is 1. The zero-order chi connectivity index (χ0) is 56.7. The molecule has 0 bridgehead atoms. The Morgan fingerprint density at radius 1 is 0.701 bits per heavy atom. The van der Waals surface area contributed by atoms with Crippen LogP contribution >= 0.6 is 0 Å². The highest BCUT2D eigenvalue weighted by Crippen LogP contribution is 2.42. The highest BCUT2D eigenvalue weighted by Gasteiger charge is 2.56. The molecular formula is C59H80N2O16. The molecule has 3 N–H and O–H groups in total. The van der Waals surface area contributed by atoms with Gasteiger partial charge in [-0.15, -0.1) is 0 Å². The van der Waals surface area contributed by atoms with Crippen molar-refractivity contribution in [3.05, 3.63) is 108 Å². The van der Waals surface area contributed by atoms with Crippen LogP contribution in [0.25, 0.3) is 0 Å². The molecule has 3 aliphatic rings. The minimum atomic E-state index is -2.26. The molecular weight excluding hydrogens is 993 g/mol. The number of methoxy groups -OCH3 is 1. The monoisotopic (exact) mass is 1070 g/mol. The summed E-state index contributed by atoms with van der Waals surface area (Å²) in [5.74, 6) is -9.95. The zero-order valence-corrected chi connectivity index (χ0v) is 46.7. The Balaban J connectivity index is 1.49. The van der Waals surface area contributed by atoms with Crippen molar-refractivity contribution in [2.24, 2.45) is 34.7 Å². The van der Waals surface area contributed by atoms with Crippen LogP contribution < -0.4 is 0 Å². The second kappa shape index (κ2) is 25.7. The van der Waals surface area contributed by atoms with Crippen LogP contribution in [0.3, 0.4) is 0 Å². The third kappa shape index (κ3) is 14.0. The zero-order valence-electron chi connectivity index (χ0n) is 46.7. The van der Waals surface area contributed by atoms with E-state index in [0.29, 0.717) is 12.0 Å². The number of rotatable bonds is 13. The van der Waals surface area contributed by atoms with Gasteiger partial charge in [0.05, 0.1) is 76.1 Å². The summed E-state index contributed by atoms with van der Waals surface area (Å²) in [6.07, 6.45) is -10.4. The van der Waals surface area contributed by atoms with Crippen LogP contribution in [0.5, 0.6) is 0 Å². The molecule has 2 aliphatic heterocycles. The van der Waals surface area contributed by atoms with E-state index in [0.717, 1.165) is 0 Å². The van der Waals surface area contributed by atoms with Crippen LogP contribution in [0.2, 0.25) is 0 Å². The Bertz CT molecular complexity index is 2510. The molecule has 2 heterocycles. The first-order valence-corrected chi connectivity index (χ1v) is 26.7. The number of aliphatic hydroxyl groups excluding tert-OH is 1. The van der Waals surface area contributed by atoms with Crippen molar-refractivity contribution in [1.29, 1.82) is 0 Å². The molecule has 18 heteroatoms. The number of ketones is 2. The van der Waals surface area contributed by atoms with E-state index in [1.165, 1.54) is 40.0 Å². The average molecular weight is 1070 g/mol. The van der Waals surface area contributed by atoms with E-state index in [2.05, 4.69) is 5.16 Å². The quantitative estimate of drug-likeness (QED) is 0.0676. The maximum absolute atomic E-state index is 15.1. The molecule has 1 saturated carbocycles. The number of hydrogen-bond acceptors (Lipinski definition) is 18. The van der Waals surface area contributed by atoms with Gasteiger partial charge in [0.25, 0.3) is 0 Å². The van der Waals surface area contributed by atoms with Crippen molar-refractivity contribution >= 4 is 35.2 Å². The lowest BCUT2D eigenvalue weighted by Crippen LogP contribution is -2.62. The molecule has 18 atom stereocenters. The Kier molecular flexibility index (Phi) is 20.3. The number of oxime groups is 1. The number of carbonyl (C=O) groups is 5. The fraction of sp³-hybridized carbons (Fsp3) is 0.593. The van der Waals surface area contributed by atoms with Crippen LogP contribution in [-0.2, 0) is 47.6 Å². The van der Waals surface area contributed by atoms with E-state index in [9.17, 15) is 34.5 Å². The normalized spacial score (nSPS) is 37.2. The van der Waals surface area contributed by atoms with E-state index >= 15 is 4.79 Å². The summed E-state index contributed by atoms with van der Waals surface area (Å²) < 4.78 is 45.6. The van der Waals surface area contributed by atoms with Gasteiger partial charge >= 0.3 is 17.9 Å². The van der Waals surface area contributed by atoms with E-state index in [1.807, 2.05) is 25.9 Å². The predicted octanol–water partition coefficient (Wildman–Crippen LogP) is 7.00. The summed E-state index contributed by atoms with van der Waals surface area (Å²) in [4.78, 5) is 78.2. The molecule has 3 aromatic carbocycles. The molecule has 6 rings (SSSR count). The first kappa shape index (κ1) is 60.9. The van der Waals surface area contributed by atoms with Gasteiger partial charge in [0.2, 0.25) is 11.6 Å². The van der Waals surface area contributed by atoms with Crippen molar-refractivity contribution in [2.45, 2.75) is 173 Å². The molecule has 2 saturated heterocycles. The van der Waals surface area contributed by atoms with E-state index in [-0.39, 0.29) is 36.1 Å². The highest BCUT2D eigenvalue weighted by molar-refractivity contribution is 6.39. The fourth-order valence-corrected chi connectivity index (χ4v) is 11.6. The van der Waals surface area contributed by atoms with Crippen molar-refractivity contribution in [3.8, 4) is 0 Å². The Morgan fingerprint density at radius 3 is 1.75 bits per heavy atom. The first-order chi connectivity index (χ1) is 36.3. The van der Waals surface area contributed by atoms with Crippen molar-refractivity contribution in [3.63, 3.8) is 0 Å². The van der Waals surface area contributed by atoms with Gasteiger partial charge in [-0.1, -0.05) is 94.4 Å². The van der Waals surface area contributed by atoms with Crippen LogP contribution in [0.4, 0.5) is 0 Å². The first-order valence-electron chi connectivity index (χ1n) is 26.7. The summed E-state index contributed by atoms with van der Waals surface area (Å²) in [5, 5.41) is 42.2. The van der Waals surface area contributed by atoms with E-state index in [1.54, 1.807) is 120 Å². The number of carbonyl (C=O) groups excluding carboxylic acids is 5. The third-order valence-corrected chi connectivity index (χ3v) is 16.0. The van der Waals surface area contributed by atoms with Gasteiger partial charge < -0.3 is 58.2 Å². The van der Waals surface area contributed by atoms with E-state index < -0.39 is 137 Å². The van der Waals surface area contributed by atoms with Gasteiger partial charge in [0, 0.05) is 37.2 Å². The summed E-state index contributed by atoms with van der Waals surface area (Å²) in [6, 6.07) is 24.6. The minimum absolute atomic E-state index is 0.0384. The van der Waals surface area contributed by atoms with Gasteiger partial charge in [0.1, 0.15) is 5.60 Å². The molecule has 1 aliphatic carbocycles. The van der Waals surface area contributed by atoms with Crippen molar-refractivity contribution in [2.75, 3.05) is 21.2 Å². The van der Waals surface area contributed by atoms with Gasteiger partial charge in [-0.05, 0) is 104 Å². The molecule has 0 radical (unpaired) electrons. The second-order valence-electron chi connectivity index (χ2n) is 22.2. The van der Waals surface area contributed by atoms with Gasteiger partial charge in [-0.3, -0.25) is 9.59 Å². The second-order valence-corrected chi connectivity index (χ2v) is 22.2. The lowest BCUT2D eigenvalue weighted by Gasteiger charge is -2.49. The van der Waals surface area contributed by atoms with Crippen LogP contribution in [0.1, 0.15) is 126 Å². The molecule has 2 unspecified atom stereocenters. The lowest BCUT2D eigenvalue weighted by atomic mass is 9.69. The molecule has 0 amide bonds. The molecule has 77 heavy (non-hydrogen) atoms. The molecule has 18 nitrogen and oxygen atoms in total. The standard InChI is InChI=1S/C59H80N2O16/c1-14-42-47(63)46(62)36(5)48(73-44-32-58(9,70-13)52(38(7)72-44)75-54(66)40-26-20-16-21-27-40)37(6)51(76-56-49(43(61(11)12)30-34(3)71-56)74-53(65)39-24-18-15-19-25-39)57(8,68)31-33(2)45(35(4)50(64)59(42,10)69)60-77-55(67)41-28-22-17-23-29-41/h15-29,33-38,42-44,48-52,56,64,68-69H,14,30-32H2,1-13H3/b60-45+/t33-,34-,35+,36+,37+,38+,42?,43+,44+,48?,49-,50-,51-,52+,56+,57-,58-,59+/m1/s1. The molecule has 422 valence electrons. The number of Topliss-reactive ketones (excluding diaryl/α,β-unsaturated/α-hetero) is 2. The number of hydrogen-bond donors (Lipinski definition) is 3. The highest BCUT2D eigenvalue weighted by atomic mass is 16.7. The predicted molar refractivity (Wildman–Crippen MR) is 283 cm³/mol. The Morgan fingerprint density at radius 2 is 1.23 bits per heavy atom. The summed E-state index contributed by atoms with van der Waals surface area (Å²) in [7, 11) is 5.15. The third-order valence-electron chi connectivity index (χ3n) is 16.0. The average Bonchev–Trinajstić information content (AvgIpc) is 3.41. The topological polar surface area (TPSA) is 235 Å². The summed E-state index contributed by atoms with van der Waals surface area (Å²) in [6.45, 7) is 16.1. The molecule has 3 aromatic rings. The maximum Gasteiger partial charge on any atom is 0.365 e.